The summed E-state index contributed by atoms with van der Waals surface area (Å²) >= 11 is 3.43. The second-order valence-electron chi connectivity index (χ2n) is 5.48. The van der Waals surface area contributed by atoms with Crippen molar-refractivity contribution in [3.63, 3.8) is 0 Å². The van der Waals surface area contributed by atoms with E-state index in [4.69, 9.17) is 14.2 Å². The number of amides is 1. The highest BCUT2D eigenvalue weighted by Crippen LogP contribution is 2.34. The van der Waals surface area contributed by atoms with E-state index in [1.54, 1.807) is 14.2 Å². The lowest BCUT2D eigenvalue weighted by Gasteiger charge is -2.20. The molecule has 0 saturated carbocycles. The molecule has 118 valence electrons. The molecule has 1 aromatic rings. The number of ether oxygens (including phenoxy) is 3. The van der Waals surface area contributed by atoms with Gasteiger partial charge >= 0.3 is 6.09 Å². The molecule has 0 bridgehead atoms. The number of hydrogen-bond acceptors (Lipinski definition) is 4. The summed E-state index contributed by atoms with van der Waals surface area (Å²) in [7, 11) is 3.18. The molecule has 0 saturated heterocycles. The number of carbonyl (C=O) groups is 1. The van der Waals surface area contributed by atoms with Crippen LogP contribution in [0, 0.1) is 0 Å². The van der Waals surface area contributed by atoms with Gasteiger partial charge in [-0.05, 0) is 39.3 Å². The molecule has 1 N–H and O–H groups in total. The summed E-state index contributed by atoms with van der Waals surface area (Å²) in [6.45, 7) is 5.93. The molecule has 6 heteroatoms. The predicted octanol–water partition coefficient (Wildman–Crippen LogP) is 3.53. The second kappa shape index (κ2) is 7.54. The van der Waals surface area contributed by atoms with Crippen LogP contribution in [0.15, 0.2) is 16.6 Å². The standard InChI is InChI=1S/C15H22BrNO4/c1-15(2,3)21-14(18)17-7-6-10-8-11(16)9-12(19-4)13(10)20-5/h8-9H,6-7H2,1-5H3,(H,17,18). The van der Waals surface area contributed by atoms with Crippen LogP contribution >= 0.6 is 15.9 Å². The van der Waals surface area contributed by atoms with E-state index in [2.05, 4.69) is 21.2 Å². The molecule has 1 aromatic carbocycles. The van der Waals surface area contributed by atoms with Crippen LogP contribution in [0.2, 0.25) is 0 Å². The molecular formula is C15H22BrNO4. The van der Waals surface area contributed by atoms with Gasteiger partial charge in [0.1, 0.15) is 5.60 Å². The SMILES string of the molecule is COc1cc(Br)cc(CCNC(=O)OC(C)(C)C)c1OC. The second-order valence-corrected chi connectivity index (χ2v) is 6.39. The smallest absolute Gasteiger partial charge is 0.407 e. The predicted molar refractivity (Wildman–Crippen MR) is 85.2 cm³/mol. The molecule has 0 radical (unpaired) electrons. The fourth-order valence-electron chi connectivity index (χ4n) is 1.81. The minimum atomic E-state index is -0.499. The zero-order valence-corrected chi connectivity index (χ0v) is 14.7. The third kappa shape index (κ3) is 5.83. The Morgan fingerprint density at radius 2 is 1.90 bits per heavy atom. The number of benzene rings is 1. The Labute approximate surface area is 134 Å². The van der Waals surface area contributed by atoms with Crippen LogP contribution in [0.5, 0.6) is 11.5 Å². The van der Waals surface area contributed by atoms with Gasteiger partial charge in [0.25, 0.3) is 0 Å². The Morgan fingerprint density at radius 3 is 2.43 bits per heavy atom. The van der Waals surface area contributed by atoms with E-state index in [-0.39, 0.29) is 0 Å². The number of hydrogen-bond donors (Lipinski definition) is 1. The van der Waals surface area contributed by atoms with Gasteiger partial charge in [-0.25, -0.2) is 4.79 Å². The van der Waals surface area contributed by atoms with Gasteiger partial charge in [0.05, 0.1) is 14.2 Å². The maximum Gasteiger partial charge on any atom is 0.407 e. The molecule has 21 heavy (non-hydrogen) atoms. The zero-order valence-electron chi connectivity index (χ0n) is 13.1. The fraction of sp³-hybridized carbons (Fsp3) is 0.533. The quantitative estimate of drug-likeness (QED) is 0.873. The Hall–Kier alpha value is -1.43. The molecule has 0 aliphatic rings. The molecule has 0 fully saturated rings. The Morgan fingerprint density at radius 1 is 1.24 bits per heavy atom. The van der Waals surface area contributed by atoms with Crippen LogP contribution in [0.4, 0.5) is 4.79 Å². The van der Waals surface area contributed by atoms with Gasteiger partial charge < -0.3 is 19.5 Å². The van der Waals surface area contributed by atoms with E-state index < -0.39 is 11.7 Å². The largest absolute Gasteiger partial charge is 0.493 e. The van der Waals surface area contributed by atoms with Gasteiger partial charge in [-0.1, -0.05) is 15.9 Å². The molecule has 5 nitrogen and oxygen atoms in total. The van der Waals surface area contributed by atoms with Crippen molar-refractivity contribution >= 4 is 22.0 Å². The van der Waals surface area contributed by atoms with Crippen molar-refractivity contribution in [2.24, 2.45) is 0 Å². The lowest BCUT2D eigenvalue weighted by atomic mass is 10.1. The number of methoxy groups -OCH3 is 2. The van der Waals surface area contributed by atoms with Crippen molar-refractivity contribution in [3.8, 4) is 11.5 Å². The van der Waals surface area contributed by atoms with E-state index in [1.807, 2.05) is 32.9 Å². The van der Waals surface area contributed by atoms with Gasteiger partial charge in [-0.2, -0.15) is 0 Å². The van der Waals surface area contributed by atoms with Crippen molar-refractivity contribution in [2.75, 3.05) is 20.8 Å². The van der Waals surface area contributed by atoms with Gasteiger partial charge in [0.2, 0.25) is 0 Å². The van der Waals surface area contributed by atoms with Crippen molar-refractivity contribution < 1.29 is 19.0 Å². The molecule has 0 aliphatic carbocycles. The minimum Gasteiger partial charge on any atom is -0.493 e. The number of alkyl carbamates (subject to hydrolysis) is 1. The Bertz CT molecular complexity index is 497. The highest BCUT2D eigenvalue weighted by Gasteiger charge is 2.16. The monoisotopic (exact) mass is 359 g/mol. The number of rotatable bonds is 5. The molecule has 1 rings (SSSR count). The molecular weight excluding hydrogens is 338 g/mol. The summed E-state index contributed by atoms with van der Waals surface area (Å²) in [5.41, 5.74) is 0.445. The van der Waals surface area contributed by atoms with E-state index in [0.717, 1.165) is 10.0 Å². The molecule has 0 aliphatic heterocycles. The van der Waals surface area contributed by atoms with Gasteiger partial charge in [-0.3, -0.25) is 0 Å². The minimum absolute atomic E-state index is 0.427. The molecule has 0 heterocycles. The van der Waals surface area contributed by atoms with Gasteiger partial charge in [0.15, 0.2) is 11.5 Å². The van der Waals surface area contributed by atoms with Crippen LogP contribution in [0.25, 0.3) is 0 Å². The first kappa shape index (κ1) is 17.6. The van der Waals surface area contributed by atoms with Gasteiger partial charge in [0, 0.05) is 16.6 Å². The fourth-order valence-corrected chi connectivity index (χ4v) is 2.29. The maximum absolute atomic E-state index is 11.6. The Kier molecular flexibility index (Phi) is 6.33. The number of carbonyl (C=O) groups excluding carboxylic acids is 1. The van der Waals surface area contributed by atoms with Crippen molar-refractivity contribution in [1.29, 1.82) is 0 Å². The van der Waals surface area contributed by atoms with E-state index in [9.17, 15) is 4.79 Å². The summed E-state index contributed by atoms with van der Waals surface area (Å²) < 4.78 is 16.7. The maximum atomic E-state index is 11.6. The number of nitrogens with one attached hydrogen (secondary N) is 1. The Balaban J connectivity index is 2.67. The summed E-state index contributed by atoms with van der Waals surface area (Å²) in [5.74, 6) is 1.32. The molecule has 0 unspecified atom stereocenters. The van der Waals surface area contributed by atoms with Crippen molar-refractivity contribution in [3.05, 3.63) is 22.2 Å². The lowest BCUT2D eigenvalue weighted by molar-refractivity contribution is 0.0528. The van der Waals surface area contributed by atoms with Crippen LogP contribution in [0.3, 0.4) is 0 Å². The average molecular weight is 360 g/mol. The summed E-state index contributed by atoms with van der Waals surface area (Å²) in [6.07, 6.45) is 0.182. The van der Waals surface area contributed by atoms with Crippen LogP contribution in [-0.2, 0) is 11.2 Å². The van der Waals surface area contributed by atoms with E-state index in [0.29, 0.717) is 24.5 Å². The first-order valence-corrected chi connectivity index (χ1v) is 7.43. The van der Waals surface area contributed by atoms with Crippen molar-refractivity contribution in [2.45, 2.75) is 32.8 Å². The highest BCUT2D eigenvalue weighted by atomic mass is 79.9. The number of halogens is 1. The molecule has 1 amide bonds. The third-order valence-electron chi connectivity index (χ3n) is 2.58. The first-order chi connectivity index (χ1) is 9.76. The average Bonchev–Trinajstić information content (AvgIpc) is 2.35. The normalized spacial score (nSPS) is 11.0. The third-order valence-corrected chi connectivity index (χ3v) is 3.04. The van der Waals surface area contributed by atoms with Crippen LogP contribution < -0.4 is 14.8 Å². The lowest BCUT2D eigenvalue weighted by Crippen LogP contribution is -2.33. The summed E-state index contributed by atoms with van der Waals surface area (Å²) in [5, 5.41) is 2.72. The van der Waals surface area contributed by atoms with E-state index >= 15 is 0 Å². The van der Waals surface area contributed by atoms with Crippen LogP contribution in [-0.4, -0.2) is 32.5 Å². The summed E-state index contributed by atoms with van der Waals surface area (Å²) in [6, 6.07) is 3.78. The topological polar surface area (TPSA) is 56.8 Å². The highest BCUT2D eigenvalue weighted by molar-refractivity contribution is 9.10. The van der Waals surface area contributed by atoms with Gasteiger partial charge in [-0.15, -0.1) is 0 Å². The van der Waals surface area contributed by atoms with Crippen molar-refractivity contribution in [1.82, 2.24) is 5.32 Å². The molecule has 0 atom stereocenters. The molecule has 0 spiro atoms. The molecule has 0 aromatic heterocycles. The zero-order chi connectivity index (χ0) is 16.0. The summed E-state index contributed by atoms with van der Waals surface area (Å²) in [4.78, 5) is 11.6. The van der Waals surface area contributed by atoms with Crippen LogP contribution in [0.1, 0.15) is 26.3 Å². The first-order valence-electron chi connectivity index (χ1n) is 6.64. The van der Waals surface area contributed by atoms with E-state index in [1.165, 1.54) is 0 Å².